The molecule has 1 rings (SSSR count). The van der Waals surface area contributed by atoms with Crippen molar-refractivity contribution in [2.45, 2.75) is 0 Å². The lowest BCUT2D eigenvalue weighted by atomic mass is 10.4. The Labute approximate surface area is 69.2 Å². The summed E-state index contributed by atoms with van der Waals surface area (Å²) in [6.07, 6.45) is 1.60. The average Bonchev–Trinajstić information content (AvgIpc) is 1.95. The molecule has 10 heavy (non-hydrogen) atoms. The van der Waals surface area contributed by atoms with Crippen molar-refractivity contribution < 1.29 is 0 Å². The highest BCUT2D eigenvalue weighted by Gasteiger charge is 2.01. The first-order valence-corrected chi connectivity index (χ1v) is 3.49. The highest BCUT2D eigenvalue weighted by molar-refractivity contribution is 6.43. The van der Waals surface area contributed by atoms with Gasteiger partial charge in [0, 0.05) is 13.2 Å². The molecule has 0 amide bonds. The number of halogens is 2. The number of nitrogens with one attached hydrogen (secondary N) is 1. The van der Waals surface area contributed by atoms with E-state index >= 15 is 0 Å². The van der Waals surface area contributed by atoms with Crippen molar-refractivity contribution >= 4 is 29.0 Å². The van der Waals surface area contributed by atoms with Gasteiger partial charge in [-0.2, -0.15) is 0 Å². The highest BCUT2D eigenvalue weighted by atomic mass is 35.5. The number of aromatic nitrogens is 1. The van der Waals surface area contributed by atoms with Gasteiger partial charge in [-0.25, -0.2) is 4.98 Å². The molecule has 2 nitrogen and oxygen atoms in total. The van der Waals surface area contributed by atoms with Crippen molar-refractivity contribution in [3.05, 3.63) is 22.3 Å². The van der Waals surface area contributed by atoms with Crippen LogP contribution >= 0.6 is 23.2 Å². The Kier molecular flexibility index (Phi) is 2.35. The molecule has 0 aliphatic heterocycles. The monoisotopic (exact) mass is 176 g/mol. The van der Waals surface area contributed by atoms with Crippen LogP contribution in [0.25, 0.3) is 0 Å². The van der Waals surface area contributed by atoms with E-state index in [0.29, 0.717) is 15.9 Å². The maximum absolute atomic E-state index is 5.74. The molecule has 0 aromatic carbocycles. The first-order chi connectivity index (χ1) is 4.75. The largest absolute Gasteiger partial charge is 0.372 e. The first kappa shape index (κ1) is 7.63. The van der Waals surface area contributed by atoms with Crippen LogP contribution in [0.5, 0.6) is 0 Å². The summed E-state index contributed by atoms with van der Waals surface area (Å²) < 4.78 is 0. The van der Waals surface area contributed by atoms with E-state index < -0.39 is 0 Å². The number of anilines is 1. The number of rotatable bonds is 1. The maximum Gasteiger partial charge on any atom is 0.146 e. The van der Waals surface area contributed by atoms with Gasteiger partial charge in [-0.15, -0.1) is 0 Å². The molecule has 0 aliphatic rings. The average molecular weight is 177 g/mol. The van der Waals surface area contributed by atoms with E-state index in [1.807, 2.05) is 0 Å². The zero-order chi connectivity index (χ0) is 7.56. The molecule has 0 atom stereocenters. The minimum Gasteiger partial charge on any atom is -0.372 e. The van der Waals surface area contributed by atoms with Gasteiger partial charge in [0.05, 0.1) is 5.02 Å². The molecule has 0 bridgehead atoms. The van der Waals surface area contributed by atoms with Crippen LogP contribution in [-0.4, -0.2) is 12.0 Å². The number of pyridine rings is 1. The molecule has 0 fully saturated rings. The number of hydrogen-bond donors (Lipinski definition) is 1. The Bertz CT molecular complexity index is 237. The fourth-order valence-electron chi connectivity index (χ4n) is 0.594. The van der Waals surface area contributed by atoms with E-state index in [1.54, 1.807) is 19.3 Å². The summed E-state index contributed by atoms with van der Waals surface area (Å²) in [5, 5.41) is 3.79. The highest BCUT2D eigenvalue weighted by Crippen LogP contribution is 2.26. The normalized spacial score (nSPS) is 9.50. The Morgan fingerprint density at radius 2 is 2.20 bits per heavy atom. The molecule has 1 aromatic heterocycles. The zero-order valence-electron chi connectivity index (χ0n) is 5.36. The van der Waals surface area contributed by atoms with Crippen molar-refractivity contribution in [3.8, 4) is 0 Å². The van der Waals surface area contributed by atoms with Crippen LogP contribution in [0.15, 0.2) is 12.3 Å². The van der Waals surface area contributed by atoms with E-state index in [-0.39, 0.29) is 0 Å². The second-order valence-electron chi connectivity index (χ2n) is 1.71. The van der Waals surface area contributed by atoms with E-state index in [9.17, 15) is 0 Å². The zero-order valence-corrected chi connectivity index (χ0v) is 6.87. The molecule has 4 heteroatoms. The second kappa shape index (κ2) is 3.08. The summed E-state index contributed by atoms with van der Waals surface area (Å²) in [6.45, 7) is 0. The van der Waals surface area contributed by atoms with Crippen LogP contribution in [0.3, 0.4) is 0 Å². The predicted octanol–water partition coefficient (Wildman–Crippen LogP) is 2.43. The van der Waals surface area contributed by atoms with Gasteiger partial charge in [0.1, 0.15) is 10.8 Å². The lowest BCUT2D eigenvalue weighted by Crippen LogP contribution is -1.92. The topological polar surface area (TPSA) is 24.9 Å². The molecule has 0 spiro atoms. The summed E-state index contributed by atoms with van der Waals surface area (Å²) in [5.74, 6) is 0.606. The molecule has 1 aromatic rings. The van der Waals surface area contributed by atoms with Gasteiger partial charge in [0.2, 0.25) is 0 Å². The molecule has 54 valence electrons. The van der Waals surface area contributed by atoms with Crippen molar-refractivity contribution in [2.75, 3.05) is 12.4 Å². The fourth-order valence-corrected chi connectivity index (χ4v) is 0.947. The standard InChI is InChI=1S/C6H6Cl2N2/c1-9-6-5(8)4(7)2-3-10-6/h2-3H,1H3,(H,9,10). The molecule has 0 saturated heterocycles. The third kappa shape index (κ3) is 1.33. The Hall–Kier alpha value is -0.470. The van der Waals surface area contributed by atoms with Gasteiger partial charge in [-0.1, -0.05) is 23.2 Å². The molecular weight excluding hydrogens is 171 g/mol. The first-order valence-electron chi connectivity index (χ1n) is 2.73. The van der Waals surface area contributed by atoms with Gasteiger partial charge in [-0.05, 0) is 6.07 Å². The van der Waals surface area contributed by atoms with Crippen molar-refractivity contribution in [2.24, 2.45) is 0 Å². The minimum atomic E-state index is 0.465. The minimum absolute atomic E-state index is 0.465. The van der Waals surface area contributed by atoms with E-state index in [0.717, 1.165) is 0 Å². The third-order valence-electron chi connectivity index (χ3n) is 1.08. The van der Waals surface area contributed by atoms with Crippen LogP contribution in [-0.2, 0) is 0 Å². The van der Waals surface area contributed by atoms with Crippen molar-refractivity contribution in [3.63, 3.8) is 0 Å². The summed E-state index contributed by atoms with van der Waals surface area (Å²) in [4.78, 5) is 3.93. The lowest BCUT2D eigenvalue weighted by Gasteiger charge is -2.01. The SMILES string of the molecule is CNc1nccc(Cl)c1Cl. The van der Waals surface area contributed by atoms with Crippen LogP contribution in [0.2, 0.25) is 10.0 Å². The lowest BCUT2D eigenvalue weighted by molar-refractivity contribution is 1.29. The van der Waals surface area contributed by atoms with Gasteiger partial charge in [-0.3, -0.25) is 0 Å². The van der Waals surface area contributed by atoms with Gasteiger partial charge < -0.3 is 5.32 Å². The molecule has 1 N–H and O–H groups in total. The van der Waals surface area contributed by atoms with Gasteiger partial charge in [0.15, 0.2) is 0 Å². The smallest absolute Gasteiger partial charge is 0.146 e. The van der Waals surface area contributed by atoms with Crippen LogP contribution in [0.1, 0.15) is 0 Å². The molecule has 0 radical (unpaired) electrons. The number of hydrogen-bond acceptors (Lipinski definition) is 2. The Balaban J connectivity index is 3.14. The van der Waals surface area contributed by atoms with E-state index in [4.69, 9.17) is 23.2 Å². The summed E-state index contributed by atoms with van der Waals surface area (Å²) in [6, 6.07) is 1.64. The Morgan fingerprint density at radius 3 is 2.70 bits per heavy atom. The maximum atomic E-state index is 5.74. The molecule has 0 saturated carbocycles. The van der Waals surface area contributed by atoms with Crippen LogP contribution in [0, 0.1) is 0 Å². The predicted molar refractivity (Wildman–Crippen MR) is 43.8 cm³/mol. The van der Waals surface area contributed by atoms with Crippen molar-refractivity contribution in [1.82, 2.24) is 4.98 Å². The summed E-state index contributed by atoms with van der Waals surface area (Å²) in [7, 11) is 1.74. The second-order valence-corrected chi connectivity index (χ2v) is 2.49. The van der Waals surface area contributed by atoms with Gasteiger partial charge >= 0.3 is 0 Å². The van der Waals surface area contributed by atoms with E-state index in [1.165, 1.54) is 0 Å². The van der Waals surface area contributed by atoms with Crippen LogP contribution in [0.4, 0.5) is 5.82 Å². The van der Waals surface area contributed by atoms with Gasteiger partial charge in [0.25, 0.3) is 0 Å². The van der Waals surface area contributed by atoms with Crippen molar-refractivity contribution in [1.29, 1.82) is 0 Å². The van der Waals surface area contributed by atoms with E-state index in [2.05, 4.69) is 10.3 Å². The molecular formula is C6H6Cl2N2. The molecule has 0 unspecified atom stereocenters. The Morgan fingerprint density at radius 1 is 1.50 bits per heavy atom. The third-order valence-corrected chi connectivity index (χ3v) is 1.87. The fraction of sp³-hybridized carbons (Fsp3) is 0.167. The number of nitrogens with zero attached hydrogens (tertiary/aromatic N) is 1. The van der Waals surface area contributed by atoms with Crippen LogP contribution < -0.4 is 5.32 Å². The molecule has 1 heterocycles. The summed E-state index contributed by atoms with van der Waals surface area (Å²) in [5.41, 5.74) is 0. The quantitative estimate of drug-likeness (QED) is 0.712. The molecule has 0 aliphatic carbocycles. The summed E-state index contributed by atoms with van der Waals surface area (Å²) >= 11 is 11.4.